The number of hydrogen-bond acceptors (Lipinski definition) is 6. The van der Waals surface area contributed by atoms with E-state index in [2.05, 4.69) is 20.0 Å². The molecular weight excluding hydrogens is 352 g/mol. The van der Waals surface area contributed by atoms with Crippen LogP contribution >= 0.6 is 11.6 Å². The van der Waals surface area contributed by atoms with E-state index < -0.39 is 0 Å². The average molecular weight is 371 g/mol. The molecule has 1 fully saturated rings. The number of β-amino-alcohol motifs (C(OH)–C–C–N with tert-alkyl or cyclic N) is 1. The molecule has 0 bridgehead atoms. The number of hydrogen-bond donors (Lipinski definition) is 1. The third-order valence-electron chi connectivity index (χ3n) is 4.62. The van der Waals surface area contributed by atoms with Crippen molar-refractivity contribution in [3.63, 3.8) is 0 Å². The zero-order valence-corrected chi connectivity index (χ0v) is 14.9. The molecule has 7 heteroatoms. The molecule has 1 aliphatic heterocycles. The summed E-state index contributed by atoms with van der Waals surface area (Å²) in [6, 6.07) is 13.3. The topological polar surface area (TPSA) is 75.3 Å². The van der Waals surface area contributed by atoms with Gasteiger partial charge in [0.05, 0.1) is 17.7 Å². The van der Waals surface area contributed by atoms with E-state index in [0.29, 0.717) is 29.8 Å². The maximum absolute atomic E-state index is 10.4. The quantitative estimate of drug-likeness (QED) is 0.744. The number of pyridine rings is 1. The number of aliphatic hydroxyl groups excluding tert-OH is 1. The van der Waals surface area contributed by atoms with E-state index in [1.807, 2.05) is 36.4 Å². The van der Waals surface area contributed by atoms with Crippen molar-refractivity contribution in [1.82, 2.24) is 20.0 Å². The predicted molar refractivity (Wildman–Crippen MR) is 97.5 cm³/mol. The zero-order valence-electron chi connectivity index (χ0n) is 14.1. The van der Waals surface area contributed by atoms with Crippen LogP contribution in [0.25, 0.3) is 11.4 Å². The van der Waals surface area contributed by atoms with Crippen LogP contribution in [0.1, 0.15) is 11.6 Å². The highest BCUT2D eigenvalue weighted by Crippen LogP contribution is 2.26. The van der Waals surface area contributed by atoms with Gasteiger partial charge in [0.2, 0.25) is 11.7 Å². The summed E-state index contributed by atoms with van der Waals surface area (Å²) >= 11 is 6.18. The van der Waals surface area contributed by atoms with Gasteiger partial charge in [-0.1, -0.05) is 35.0 Å². The number of benzene rings is 1. The van der Waals surface area contributed by atoms with Crippen LogP contribution in [0, 0.1) is 5.92 Å². The first-order valence-electron chi connectivity index (χ1n) is 8.57. The lowest BCUT2D eigenvalue weighted by atomic mass is 10.00. The Morgan fingerprint density at radius 2 is 2.00 bits per heavy atom. The Kier molecular flexibility index (Phi) is 4.97. The van der Waals surface area contributed by atoms with Crippen LogP contribution in [0.15, 0.2) is 53.2 Å². The summed E-state index contributed by atoms with van der Waals surface area (Å²) < 4.78 is 5.37. The van der Waals surface area contributed by atoms with Crippen molar-refractivity contribution in [2.75, 3.05) is 13.1 Å². The van der Waals surface area contributed by atoms with Crippen LogP contribution in [-0.4, -0.2) is 44.3 Å². The highest BCUT2D eigenvalue weighted by molar-refractivity contribution is 6.33. The standard InChI is InChI=1S/C19H19ClN4O2/c20-16-7-2-1-6-15(16)19-22-18(26-23-19)12-24-10-13(17(25)11-24)9-14-5-3-4-8-21-14/h1-8,13,17,25H,9-12H2/t13-,17-/m1/s1. The van der Waals surface area contributed by atoms with Gasteiger partial charge in [-0.15, -0.1) is 0 Å². The van der Waals surface area contributed by atoms with Gasteiger partial charge < -0.3 is 9.63 Å². The van der Waals surface area contributed by atoms with E-state index in [4.69, 9.17) is 16.1 Å². The molecule has 0 unspecified atom stereocenters. The maximum Gasteiger partial charge on any atom is 0.241 e. The third kappa shape index (κ3) is 3.77. The molecule has 0 spiro atoms. The van der Waals surface area contributed by atoms with Crippen molar-refractivity contribution in [2.24, 2.45) is 5.92 Å². The van der Waals surface area contributed by atoms with Crippen molar-refractivity contribution >= 4 is 11.6 Å². The molecule has 134 valence electrons. The van der Waals surface area contributed by atoms with Crippen LogP contribution in [0.4, 0.5) is 0 Å². The number of aromatic nitrogens is 3. The van der Waals surface area contributed by atoms with Gasteiger partial charge in [0.25, 0.3) is 0 Å². The smallest absolute Gasteiger partial charge is 0.241 e. The van der Waals surface area contributed by atoms with Crippen molar-refractivity contribution in [1.29, 1.82) is 0 Å². The number of aliphatic hydroxyl groups is 1. The van der Waals surface area contributed by atoms with Gasteiger partial charge in [0.1, 0.15) is 0 Å². The second-order valence-corrected chi connectivity index (χ2v) is 6.95. The Morgan fingerprint density at radius 1 is 1.15 bits per heavy atom. The van der Waals surface area contributed by atoms with Crippen LogP contribution in [0.3, 0.4) is 0 Å². The molecule has 0 saturated carbocycles. The van der Waals surface area contributed by atoms with Gasteiger partial charge in [-0.25, -0.2) is 0 Å². The molecule has 1 aliphatic rings. The molecule has 4 rings (SSSR count). The van der Waals surface area contributed by atoms with E-state index in [-0.39, 0.29) is 12.0 Å². The molecule has 26 heavy (non-hydrogen) atoms. The molecule has 3 heterocycles. The van der Waals surface area contributed by atoms with Gasteiger partial charge in [0.15, 0.2) is 0 Å². The lowest BCUT2D eigenvalue weighted by Gasteiger charge is -2.13. The summed E-state index contributed by atoms with van der Waals surface area (Å²) in [5.41, 5.74) is 1.75. The number of nitrogens with zero attached hydrogens (tertiary/aromatic N) is 4. The Hall–Kier alpha value is -2.28. The highest BCUT2D eigenvalue weighted by Gasteiger charge is 2.32. The molecule has 0 radical (unpaired) electrons. The molecule has 1 saturated heterocycles. The fourth-order valence-electron chi connectivity index (χ4n) is 3.32. The minimum Gasteiger partial charge on any atom is -0.391 e. The minimum atomic E-state index is -0.386. The Morgan fingerprint density at radius 3 is 2.81 bits per heavy atom. The number of rotatable bonds is 5. The lowest BCUT2D eigenvalue weighted by Crippen LogP contribution is -2.21. The second-order valence-electron chi connectivity index (χ2n) is 6.54. The Balaban J connectivity index is 1.40. The highest BCUT2D eigenvalue weighted by atomic mass is 35.5. The van der Waals surface area contributed by atoms with E-state index >= 15 is 0 Å². The molecule has 2 aromatic heterocycles. The van der Waals surface area contributed by atoms with Gasteiger partial charge in [-0.2, -0.15) is 4.98 Å². The molecular formula is C19H19ClN4O2. The van der Waals surface area contributed by atoms with Gasteiger partial charge in [0, 0.05) is 36.5 Å². The first-order valence-corrected chi connectivity index (χ1v) is 8.94. The first-order chi connectivity index (χ1) is 12.7. The van der Waals surface area contributed by atoms with Crippen LogP contribution in [-0.2, 0) is 13.0 Å². The lowest BCUT2D eigenvalue weighted by molar-refractivity contribution is 0.139. The first kappa shape index (κ1) is 17.1. The number of likely N-dealkylation sites (tertiary alicyclic amines) is 1. The van der Waals surface area contributed by atoms with E-state index in [9.17, 15) is 5.11 Å². The Labute approximate surface area is 156 Å². The summed E-state index contributed by atoms with van der Waals surface area (Å²) in [7, 11) is 0. The van der Waals surface area contributed by atoms with E-state index in [1.165, 1.54) is 0 Å². The molecule has 2 atom stereocenters. The van der Waals surface area contributed by atoms with Crippen molar-refractivity contribution < 1.29 is 9.63 Å². The zero-order chi connectivity index (χ0) is 17.9. The number of halogens is 1. The summed E-state index contributed by atoms with van der Waals surface area (Å²) in [6.07, 6.45) is 2.15. The molecule has 3 aromatic rings. The van der Waals surface area contributed by atoms with Crippen molar-refractivity contribution in [3.05, 3.63) is 65.3 Å². The average Bonchev–Trinajstić information content (AvgIpc) is 3.23. The summed E-state index contributed by atoms with van der Waals surface area (Å²) in [6.45, 7) is 1.86. The third-order valence-corrected chi connectivity index (χ3v) is 4.95. The van der Waals surface area contributed by atoms with Gasteiger partial charge in [-0.3, -0.25) is 9.88 Å². The van der Waals surface area contributed by atoms with Crippen LogP contribution in [0.2, 0.25) is 5.02 Å². The SMILES string of the molecule is O[C@@H]1CN(Cc2nc(-c3ccccc3Cl)no2)C[C@H]1Cc1ccccn1. The fourth-order valence-corrected chi connectivity index (χ4v) is 3.54. The molecule has 0 amide bonds. The van der Waals surface area contributed by atoms with E-state index in [1.54, 1.807) is 12.3 Å². The van der Waals surface area contributed by atoms with Gasteiger partial charge in [-0.05, 0) is 30.7 Å². The van der Waals surface area contributed by atoms with E-state index in [0.717, 1.165) is 24.2 Å². The minimum absolute atomic E-state index is 0.149. The van der Waals surface area contributed by atoms with Crippen molar-refractivity contribution in [3.8, 4) is 11.4 Å². The maximum atomic E-state index is 10.4. The summed E-state index contributed by atoms with van der Waals surface area (Å²) in [4.78, 5) is 10.9. The monoisotopic (exact) mass is 370 g/mol. The van der Waals surface area contributed by atoms with Crippen molar-refractivity contribution in [2.45, 2.75) is 19.1 Å². The predicted octanol–water partition coefficient (Wildman–Crippen LogP) is 2.82. The molecule has 0 aliphatic carbocycles. The van der Waals surface area contributed by atoms with Gasteiger partial charge >= 0.3 is 0 Å². The molecule has 6 nitrogen and oxygen atoms in total. The van der Waals surface area contributed by atoms with Crippen LogP contribution < -0.4 is 0 Å². The largest absolute Gasteiger partial charge is 0.391 e. The second kappa shape index (κ2) is 7.53. The Bertz CT molecular complexity index is 871. The van der Waals surface area contributed by atoms with Crippen LogP contribution in [0.5, 0.6) is 0 Å². The normalized spacial score (nSPS) is 20.5. The fraction of sp³-hybridized carbons (Fsp3) is 0.316. The molecule has 1 aromatic carbocycles. The molecule has 1 N–H and O–H groups in total. The summed E-state index contributed by atoms with van der Waals surface area (Å²) in [5.74, 6) is 1.15. The summed E-state index contributed by atoms with van der Waals surface area (Å²) in [5, 5.41) is 15.0.